The van der Waals surface area contributed by atoms with E-state index in [9.17, 15) is 0 Å². The van der Waals surface area contributed by atoms with Gasteiger partial charge in [0.2, 0.25) is 0 Å². The summed E-state index contributed by atoms with van der Waals surface area (Å²) in [6.45, 7) is 3.60. The van der Waals surface area contributed by atoms with Gasteiger partial charge in [-0.3, -0.25) is 0 Å². The van der Waals surface area contributed by atoms with Crippen LogP contribution in [0.15, 0.2) is 42.6 Å². The van der Waals surface area contributed by atoms with E-state index in [1.165, 1.54) is 12.8 Å². The first kappa shape index (κ1) is 16.8. The Hall–Kier alpha value is -2.60. The molecule has 0 unspecified atom stereocenters. The molecule has 6 heteroatoms. The van der Waals surface area contributed by atoms with Gasteiger partial charge >= 0.3 is 0 Å². The van der Waals surface area contributed by atoms with Crippen molar-refractivity contribution in [2.75, 3.05) is 43.1 Å². The largest absolute Gasteiger partial charge is 0.491 e. The van der Waals surface area contributed by atoms with E-state index in [4.69, 9.17) is 9.47 Å². The van der Waals surface area contributed by atoms with Gasteiger partial charge in [0, 0.05) is 19.3 Å². The predicted octanol–water partition coefficient (Wildman–Crippen LogP) is 3.18. The van der Waals surface area contributed by atoms with Crippen LogP contribution in [-0.4, -0.2) is 43.1 Å². The number of benzene rings is 1. The van der Waals surface area contributed by atoms with Crippen LogP contribution in [0.5, 0.6) is 5.75 Å². The Bertz CT molecular complexity index is 744. The molecule has 3 aliphatic rings. The molecule has 26 heavy (non-hydrogen) atoms. The smallest absolute Gasteiger partial charge is 0.152 e. The number of anilines is 2. The molecule has 5 rings (SSSR count). The molecule has 3 heterocycles. The van der Waals surface area contributed by atoms with Gasteiger partial charge in [0.25, 0.3) is 0 Å². The standard InChI is InChI=1S/C20H24N4O2/c1-2-16-8-9-21-19-6-7-20(23-22-19)24(15-17-4-5-17)10-11-25-12-13-26-18(3-1)14-16/h1-3,6-9,14,17H,4-5,10-13,15H2,(H,21,22)/b9-8+. The van der Waals surface area contributed by atoms with Crippen LogP contribution in [0.25, 0.3) is 6.08 Å². The third-order valence-electron chi connectivity index (χ3n) is 4.52. The highest BCUT2D eigenvalue weighted by atomic mass is 16.5. The van der Waals surface area contributed by atoms with Gasteiger partial charge in [0.1, 0.15) is 12.4 Å². The van der Waals surface area contributed by atoms with E-state index >= 15 is 0 Å². The maximum Gasteiger partial charge on any atom is 0.152 e. The van der Waals surface area contributed by atoms with Crippen molar-refractivity contribution in [2.24, 2.45) is 5.92 Å². The second-order valence-electron chi connectivity index (χ2n) is 6.68. The molecule has 1 aromatic carbocycles. The number of rotatable bonds is 2. The molecule has 0 atom stereocenters. The predicted molar refractivity (Wildman–Crippen MR) is 102 cm³/mol. The SMILES string of the molecule is C1=C/c2cccc(c2)OCCOCCN(CC2CC2)c2ccc(nn2)N/1. The number of nitrogens with zero attached hydrogens (tertiary/aromatic N) is 3. The highest BCUT2D eigenvalue weighted by Crippen LogP contribution is 2.31. The van der Waals surface area contributed by atoms with Crippen molar-refractivity contribution in [1.82, 2.24) is 10.2 Å². The summed E-state index contributed by atoms with van der Waals surface area (Å²) in [5.41, 5.74) is 1.06. The van der Waals surface area contributed by atoms with Gasteiger partial charge < -0.3 is 19.7 Å². The third-order valence-corrected chi connectivity index (χ3v) is 4.52. The lowest BCUT2D eigenvalue weighted by Gasteiger charge is -2.23. The molecule has 0 saturated heterocycles. The number of ether oxygens (including phenoxy) is 2. The van der Waals surface area contributed by atoms with Crippen LogP contribution < -0.4 is 15.0 Å². The van der Waals surface area contributed by atoms with Crippen LogP contribution in [-0.2, 0) is 4.74 Å². The monoisotopic (exact) mass is 352 g/mol. The quantitative estimate of drug-likeness (QED) is 0.838. The lowest BCUT2D eigenvalue weighted by atomic mass is 10.2. The molecular weight excluding hydrogens is 328 g/mol. The van der Waals surface area contributed by atoms with E-state index in [0.717, 1.165) is 42.0 Å². The molecule has 6 nitrogen and oxygen atoms in total. The Kier molecular flexibility index (Phi) is 5.30. The molecular formula is C20H24N4O2. The lowest BCUT2D eigenvalue weighted by molar-refractivity contribution is 0.104. The summed E-state index contributed by atoms with van der Waals surface area (Å²) in [5, 5.41) is 11.9. The third kappa shape index (κ3) is 4.73. The van der Waals surface area contributed by atoms with Crippen LogP contribution in [0.2, 0.25) is 0 Å². The second kappa shape index (κ2) is 8.19. The summed E-state index contributed by atoms with van der Waals surface area (Å²) in [5.74, 6) is 3.26. The van der Waals surface area contributed by atoms with E-state index < -0.39 is 0 Å². The first-order valence-electron chi connectivity index (χ1n) is 9.19. The second-order valence-corrected chi connectivity index (χ2v) is 6.68. The molecule has 0 radical (unpaired) electrons. The molecule has 2 aromatic rings. The Balaban J connectivity index is 1.51. The van der Waals surface area contributed by atoms with E-state index in [-0.39, 0.29) is 0 Å². The van der Waals surface area contributed by atoms with Crippen molar-refractivity contribution < 1.29 is 9.47 Å². The Labute approximate surface area is 153 Å². The normalized spacial score (nSPS) is 19.3. The zero-order valence-corrected chi connectivity index (χ0v) is 14.8. The average molecular weight is 352 g/mol. The molecule has 1 N–H and O–H groups in total. The van der Waals surface area contributed by atoms with Crippen LogP contribution in [0.1, 0.15) is 18.4 Å². The lowest BCUT2D eigenvalue weighted by Crippen LogP contribution is -2.31. The summed E-state index contributed by atoms with van der Waals surface area (Å²) in [4.78, 5) is 2.27. The first-order valence-corrected chi connectivity index (χ1v) is 9.19. The molecule has 2 aliphatic heterocycles. The molecule has 1 aliphatic carbocycles. The summed E-state index contributed by atoms with van der Waals surface area (Å²) in [6.07, 6.45) is 6.46. The van der Waals surface area contributed by atoms with Crippen molar-refractivity contribution in [3.05, 3.63) is 48.2 Å². The Morgan fingerprint density at radius 3 is 2.88 bits per heavy atom. The minimum Gasteiger partial charge on any atom is -0.491 e. The summed E-state index contributed by atoms with van der Waals surface area (Å²) < 4.78 is 11.5. The molecule has 0 amide bonds. The fourth-order valence-electron chi connectivity index (χ4n) is 2.91. The van der Waals surface area contributed by atoms with E-state index in [1.807, 2.05) is 48.7 Å². The molecule has 1 saturated carbocycles. The van der Waals surface area contributed by atoms with E-state index in [2.05, 4.69) is 20.4 Å². The topological polar surface area (TPSA) is 59.5 Å². The van der Waals surface area contributed by atoms with E-state index in [1.54, 1.807) is 0 Å². The highest BCUT2D eigenvalue weighted by molar-refractivity contribution is 5.55. The van der Waals surface area contributed by atoms with Gasteiger partial charge in [0.05, 0.1) is 13.2 Å². The number of nitrogens with one attached hydrogen (secondary N) is 1. The van der Waals surface area contributed by atoms with Crippen molar-refractivity contribution in [3.63, 3.8) is 0 Å². The van der Waals surface area contributed by atoms with Crippen LogP contribution in [0, 0.1) is 5.92 Å². The van der Waals surface area contributed by atoms with Gasteiger partial charge in [0.15, 0.2) is 11.6 Å². The average Bonchev–Trinajstić information content (AvgIpc) is 3.48. The maximum atomic E-state index is 5.78. The van der Waals surface area contributed by atoms with Gasteiger partial charge in [-0.05, 0) is 54.7 Å². The van der Waals surface area contributed by atoms with E-state index in [0.29, 0.717) is 19.8 Å². The number of hydrogen-bond donors (Lipinski definition) is 1. The van der Waals surface area contributed by atoms with Gasteiger partial charge in [-0.15, -0.1) is 10.2 Å². The van der Waals surface area contributed by atoms with Crippen LogP contribution >= 0.6 is 0 Å². The minimum atomic E-state index is 0.544. The van der Waals surface area contributed by atoms with Crippen molar-refractivity contribution in [3.8, 4) is 5.75 Å². The van der Waals surface area contributed by atoms with Crippen LogP contribution in [0.4, 0.5) is 11.6 Å². The Morgan fingerprint density at radius 1 is 1.08 bits per heavy atom. The molecule has 0 spiro atoms. The van der Waals surface area contributed by atoms with Crippen molar-refractivity contribution in [1.29, 1.82) is 0 Å². The van der Waals surface area contributed by atoms with Gasteiger partial charge in [-0.1, -0.05) is 12.1 Å². The molecule has 1 aromatic heterocycles. The van der Waals surface area contributed by atoms with Gasteiger partial charge in [-0.25, -0.2) is 0 Å². The van der Waals surface area contributed by atoms with Crippen molar-refractivity contribution >= 4 is 17.7 Å². The molecule has 136 valence electrons. The highest BCUT2D eigenvalue weighted by Gasteiger charge is 2.25. The summed E-state index contributed by atoms with van der Waals surface area (Å²) in [7, 11) is 0. The zero-order chi connectivity index (χ0) is 17.6. The fraction of sp³-hybridized carbons (Fsp3) is 0.400. The van der Waals surface area contributed by atoms with Gasteiger partial charge in [-0.2, -0.15) is 0 Å². The maximum absolute atomic E-state index is 5.78. The van der Waals surface area contributed by atoms with Crippen LogP contribution in [0.3, 0.4) is 0 Å². The number of aromatic nitrogens is 2. The zero-order valence-electron chi connectivity index (χ0n) is 14.8. The number of fused-ring (bicyclic) bond motifs is 9. The fourth-order valence-corrected chi connectivity index (χ4v) is 2.91. The first-order chi connectivity index (χ1) is 12.9. The number of hydrogen-bond acceptors (Lipinski definition) is 6. The minimum absolute atomic E-state index is 0.544. The Morgan fingerprint density at radius 2 is 2.04 bits per heavy atom. The summed E-state index contributed by atoms with van der Waals surface area (Å²) >= 11 is 0. The van der Waals surface area contributed by atoms with Crippen molar-refractivity contribution in [2.45, 2.75) is 12.8 Å². The molecule has 1 fully saturated rings. The molecule has 4 bridgehead atoms. The summed E-state index contributed by atoms with van der Waals surface area (Å²) in [6, 6.07) is 12.0.